The third-order valence-electron chi connectivity index (χ3n) is 3.83. The predicted molar refractivity (Wildman–Crippen MR) is 161 cm³/mol. The van der Waals surface area contributed by atoms with E-state index in [1.54, 1.807) is 0 Å². The van der Waals surface area contributed by atoms with Gasteiger partial charge in [0.25, 0.3) is 0 Å². The van der Waals surface area contributed by atoms with Gasteiger partial charge in [0.15, 0.2) is 0 Å². The third-order valence-corrected chi connectivity index (χ3v) is 7.15. The van der Waals surface area contributed by atoms with Gasteiger partial charge in [-0.2, -0.15) is 0 Å². The van der Waals surface area contributed by atoms with Crippen LogP contribution in [0.5, 0.6) is 0 Å². The minimum Gasteiger partial charge on any atom is -0.381 e. The average molecular weight is 748 g/mol. The first-order valence-corrected chi connectivity index (χ1v) is 20.5. The van der Waals surface area contributed by atoms with E-state index in [0.717, 1.165) is 81.8 Å². The van der Waals surface area contributed by atoms with E-state index in [2.05, 4.69) is 52.0 Å². The molecular formula is C20H46Br2ClN3O8S3. The molecule has 37 heavy (non-hydrogen) atoms. The Labute approximate surface area is 246 Å². The van der Waals surface area contributed by atoms with E-state index in [9.17, 15) is 25.3 Å². The van der Waals surface area contributed by atoms with Crippen LogP contribution in [0.1, 0.15) is 51.4 Å². The summed E-state index contributed by atoms with van der Waals surface area (Å²) in [6.07, 6.45) is 10.9. The lowest BCUT2D eigenvalue weighted by molar-refractivity contribution is 0.198. The molecule has 17 heteroatoms. The van der Waals surface area contributed by atoms with Crippen LogP contribution in [0.4, 0.5) is 0 Å². The molecule has 0 spiro atoms. The van der Waals surface area contributed by atoms with E-state index in [-0.39, 0.29) is 0 Å². The summed E-state index contributed by atoms with van der Waals surface area (Å²) in [5, 5.41) is 1.86. The fourth-order valence-corrected chi connectivity index (χ4v) is 4.44. The molecule has 0 amide bonds. The Hall–Kier alpha value is 0.900. The maximum absolute atomic E-state index is 10.5. The molecule has 0 bridgehead atoms. The molecule has 0 aromatic rings. The summed E-state index contributed by atoms with van der Waals surface area (Å²) in [5.74, 6) is 0.312. The maximum Gasteiger partial charge on any atom is 0.229 e. The van der Waals surface area contributed by atoms with Crippen molar-refractivity contribution in [3.63, 3.8) is 0 Å². The molecule has 0 atom stereocenters. The van der Waals surface area contributed by atoms with Crippen molar-refractivity contribution in [1.29, 1.82) is 0 Å². The van der Waals surface area contributed by atoms with Crippen molar-refractivity contribution < 1.29 is 34.7 Å². The molecule has 3 aliphatic heterocycles. The number of alkyl halides is 2. The van der Waals surface area contributed by atoms with Gasteiger partial charge in [0.2, 0.25) is 29.1 Å². The normalized spacial score (nSPS) is 18.0. The van der Waals surface area contributed by atoms with Crippen LogP contribution < -0.4 is 15.2 Å². The minimum atomic E-state index is -3.19. The molecule has 0 aromatic heterocycles. The highest BCUT2D eigenvalue weighted by Gasteiger charge is 2.12. The topological polar surface area (TPSA) is 171 Å². The Balaban J connectivity index is -0.000000382. The molecule has 3 rings (SSSR count). The van der Waals surface area contributed by atoms with Gasteiger partial charge < -0.3 is 15.2 Å². The van der Waals surface area contributed by atoms with Crippen LogP contribution in [0.2, 0.25) is 0 Å². The number of ether oxygens (including phenoxy) is 2. The number of halogens is 3. The Bertz CT molecular complexity index is 750. The quantitative estimate of drug-likeness (QED) is 0.210. The molecule has 0 saturated carbocycles. The number of rotatable bonds is 6. The maximum atomic E-state index is 10.5. The molecule has 3 aliphatic rings. The molecule has 11 nitrogen and oxygen atoms in total. The summed E-state index contributed by atoms with van der Waals surface area (Å²) >= 11 is 6.41. The molecule has 4 N–H and O–H groups in total. The summed E-state index contributed by atoms with van der Waals surface area (Å²) in [4.78, 5) is 0. The first-order valence-electron chi connectivity index (χ1n) is 12.0. The van der Waals surface area contributed by atoms with Gasteiger partial charge in [-0.3, -0.25) is 0 Å². The SMILES string of the molecule is C1CCOC1.C1CCOC1.CS(=O)(=O)Cl.CS(=O)(=O)NCCCBr.NCCCBr.O=S1(=O)CCCCN1. The highest BCUT2D eigenvalue weighted by Crippen LogP contribution is 2.00. The average Bonchev–Trinajstić information content (AvgIpc) is 3.52. The summed E-state index contributed by atoms with van der Waals surface area (Å²) < 4.78 is 75.3. The summed E-state index contributed by atoms with van der Waals surface area (Å²) in [6.45, 7) is 5.94. The molecule has 0 unspecified atom stereocenters. The zero-order valence-corrected chi connectivity index (χ0v) is 28.3. The Morgan fingerprint density at radius 2 is 1.30 bits per heavy atom. The van der Waals surface area contributed by atoms with Gasteiger partial charge in [-0.05, 0) is 57.9 Å². The molecule has 3 saturated heterocycles. The monoisotopic (exact) mass is 745 g/mol. The largest absolute Gasteiger partial charge is 0.381 e. The van der Waals surface area contributed by atoms with Gasteiger partial charge in [0, 0.05) is 60.9 Å². The second kappa shape index (κ2) is 28.4. The van der Waals surface area contributed by atoms with E-state index in [1.165, 1.54) is 25.7 Å². The summed E-state index contributed by atoms with van der Waals surface area (Å²) in [5.41, 5.74) is 5.11. The predicted octanol–water partition coefficient (Wildman–Crippen LogP) is 2.53. The second-order valence-corrected chi connectivity index (χ2v) is 16.2. The fraction of sp³-hybridized carbons (Fsp3) is 1.00. The van der Waals surface area contributed by atoms with Crippen molar-refractivity contribution in [2.45, 2.75) is 51.4 Å². The van der Waals surface area contributed by atoms with Crippen LogP contribution in [0.15, 0.2) is 0 Å². The zero-order valence-electron chi connectivity index (χ0n) is 21.9. The van der Waals surface area contributed by atoms with Gasteiger partial charge in [-0.25, -0.2) is 34.7 Å². The molecule has 0 radical (unpaired) electrons. The highest BCUT2D eigenvalue weighted by molar-refractivity contribution is 9.09. The van der Waals surface area contributed by atoms with Gasteiger partial charge in [-0.1, -0.05) is 31.9 Å². The Morgan fingerprint density at radius 1 is 0.865 bits per heavy atom. The number of nitrogens with two attached hydrogens (primary N) is 1. The Morgan fingerprint density at radius 3 is 1.46 bits per heavy atom. The van der Waals surface area contributed by atoms with E-state index in [1.807, 2.05) is 0 Å². The van der Waals surface area contributed by atoms with Crippen LogP contribution in [0.25, 0.3) is 0 Å². The number of hydrogen-bond acceptors (Lipinski definition) is 9. The summed E-state index contributed by atoms with van der Waals surface area (Å²) in [6, 6.07) is 0. The van der Waals surface area contributed by atoms with Crippen molar-refractivity contribution in [2.24, 2.45) is 5.73 Å². The Kier molecular flexibility index (Phi) is 32.6. The van der Waals surface area contributed by atoms with Crippen LogP contribution in [0.3, 0.4) is 0 Å². The van der Waals surface area contributed by atoms with Crippen LogP contribution in [-0.4, -0.2) is 100 Å². The van der Waals surface area contributed by atoms with E-state index < -0.39 is 29.1 Å². The van der Waals surface area contributed by atoms with Crippen molar-refractivity contribution >= 4 is 71.6 Å². The van der Waals surface area contributed by atoms with Crippen molar-refractivity contribution in [3.8, 4) is 0 Å². The standard InChI is InChI=1S/C4H10BrNO2S.C4H9NO2S.2C4H8O.C3H8BrN.CH3ClO2S/c1-9(7,8)6-4-2-3-5;6-8(7)4-2-1-3-5-8;2*1-2-4-5-3-1;4-2-1-3-5;1-5(2,3)4/h6H,2-4H2,1H3;5H,1-4H2;2*1-4H2;1-3,5H2;1H3. The van der Waals surface area contributed by atoms with Crippen LogP contribution in [-0.2, 0) is 38.6 Å². The van der Waals surface area contributed by atoms with E-state index >= 15 is 0 Å². The lowest BCUT2D eigenvalue weighted by Crippen LogP contribution is -2.31. The summed E-state index contributed by atoms with van der Waals surface area (Å²) in [7, 11) is -4.49. The van der Waals surface area contributed by atoms with Crippen molar-refractivity contribution in [3.05, 3.63) is 0 Å². The van der Waals surface area contributed by atoms with Crippen molar-refractivity contribution in [2.75, 3.05) is 75.0 Å². The smallest absolute Gasteiger partial charge is 0.229 e. The van der Waals surface area contributed by atoms with Crippen molar-refractivity contribution in [1.82, 2.24) is 9.44 Å². The minimum absolute atomic E-state index is 0.312. The lowest BCUT2D eigenvalue weighted by atomic mass is 10.3. The molecule has 3 fully saturated rings. The molecular weight excluding hydrogens is 702 g/mol. The van der Waals surface area contributed by atoms with Gasteiger partial charge in [-0.15, -0.1) is 0 Å². The molecule has 228 valence electrons. The van der Waals surface area contributed by atoms with Crippen LogP contribution in [0, 0.1) is 0 Å². The van der Waals surface area contributed by atoms with Crippen LogP contribution >= 0.6 is 42.5 Å². The second-order valence-electron chi connectivity index (χ2n) is 7.78. The zero-order chi connectivity index (χ0) is 29.1. The van der Waals surface area contributed by atoms with Gasteiger partial charge in [0.05, 0.1) is 18.3 Å². The van der Waals surface area contributed by atoms with Gasteiger partial charge in [0.1, 0.15) is 0 Å². The fourth-order valence-electron chi connectivity index (χ4n) is 2.14. The van der Waals surface area contributed by atoms with E-state index in [0.29, 0.717) is 18.8 Å². The highest BCUT2D eigenvalue weighted by atomic mass is 79.9. The third kappa shape index (κ3) is 53.8. The first-order chi connectivity index (χ1) is 17.2. The lowest BCUT2D eigenvalue weighted by Gasteiger charge is -2.10. The molecule has 3 heterocycles. The number of sulfonamides is 2. The number of hydrogen-bond donors (Lipinski definition) is 3. The molecule has 0 aromatic carbocycles. The van der Waals surface area contributed by atoms with Gasteiger partial charge >= 0.3 is 0 Å². The van der Waals surface area contributed by atoms with E-state index in [4.69, 9.17) is 15.2 Å². The molecule has 0 aliphatic carbocycles. The first kappa shape index (κ1) is 42.4. The number of nitrogens with one attached hydrogen (secondary N) is 2.